The van der Waals surface area contributed by atoms with Gasteiger partial charge in [-0.15, -0.1) is 0 Å². The second-order valence-electron chi connectivity index (χ2n) is 9.50. The lowest BCUT2D eigenvalue weighted by molar-refractivity contribution is -0.149. The van der Waals surface area contributed by atoms with Gasteiger partial charge in [0.2, 0.25) is 5.56 Å². The molecule has 1 atom stereocenters. The first-order valence-corrected chi connectivity index (χ1v) is 13.2. The molecule has 1 amide bonds. The number of halogens is 1. The number of amides is 1. The Bertz CT molecular complexity index is 1890. The molecule has 0 radical (unpaired) electrons. The molecular formula is C32H24ClN3O4. The molecular weight excluding hydrogens is 526 g/mol. The van der Waals surface area contributed by atoms with Gasteiger partial charge in [-0.1, -0.05) is 66.2 Å². The molecule has 0 aliphatic rings. The number of aromatic nitrogens is 2. The number of rotatable bonds is 7. The molecule has 0 aliphatic heterocycles. The van der Waals surface area contributed by atoms with Gasteiger partial charge in [-0.25, -0.2) is 4.79 Å². The minimum Gasteiger partial charge on any atom is -0.442 e. The average molecular weight is 550 g/mol. The van der Waals surface area contributed by atoms with Crippen LogP contribution in [-0.4, -0.2) is 27.5 Å². The molecule has 2 heterocycles. The van der Waals surface area contributed by atoms with Crippen molar-refractivity contribution in [1.82, 2.24) is 14.9 Å². The van der Waals surface area contributed by atoms with Crippen LogP contribution in [0.25, 0.3) is 32.7 Å². The van der Waals surface area contributed by atoms with E-state index < -0.39 is 17.9 Å². The number of nitrogens with one attached hydrogen (secondary N) is 2. The van der Waals surface area contributed by atoms with Crippen molar-refractivity contribution in [1.29, 1.82) is 0 Å². The molecule has 198 valence electrons. The molecule has 40 heavy (non-hydrogen) atoms. The Morgan fingerprint density at radius 3 is 2.10 bits per heavy atom. The number of H-pyrrole nitrogens is 1. The van der Waals surface area contributed by atoms with Crippen molar-refractivity contribution in [3.63, 3.8) is 0 Å². The first-order chi connectivity index (χ1) is 19.5. The van der Waals surface area contributed by atoms with Gasteiger partial charge in [0.05, 0.1) is 11.0 Å². The Labute approximate surface area is 234 Å². The highest BCUT2D eigenvalue weighted by Crippen LogP contribution is 2.28. The van der Waals surface area contributed by atoms with Crippen LogP contribution in [0.4, 0.5) is 0 Å². The number of esters is 1. The highest BCUT2D eigenvalue weighted by molar-refractivity contribution is 6.30. The number of ether oxygens (including phenoxy) is 1. The highest BCUT2D eigenvalue weighted by Gasteiger charge is 2.25. The van der Waals surface area contributed by atoms with Gasteiger partial charge in [0.15, 0.2) is 6.73 Å². The summed E-state index contributed by atoms with van der Waals surface area (Å²) in [5.41, 5.74) is 3.18. The molecule has 8 heteroatoms. The van der Waals surface area contributed by atoms with E-state index in [1.165, 1.54) is 6.07 Å². The summed E-state index contributed by atoms with van der Waals surface area (Å²) in [6.45, 7) is -0.0453. The summed E-state index contributed by atoms with van der Waals surface area (Å²) in [7, 11) is 0. The van der Waals surface area contributed by atoms with Gasteiger partial charge in [-0.05, 0) is 48.0 Å². The van der Waals surface area contributed by atoms with Crippen molar-refractivity contribution in [2.75, 3.05) is 0 Å². The molecule has 4 aromatic carbocycles. The predicted molar refractivity (Wildman–Crippen MR) is 157 cm³/mol. The number of hydrogen-bond donors (Lipinski definition) is 2. The Balaban J connectivity index is 1.32. The van der Waals surface area contributed by atoms with Crippen molar-refractivity contribution in [3.8, 4) is 0 Å². The lowest BCUT2D eigenvalue weighted by Gasteiger charge is -2.19. The number of nitrogens with zero attached hydrogens (tertiary/aromatic N) is 1. The van der Waals surface area contributed by atoms with Crippen molar-refractivity contribution >= 4 is 56.2 Å². The molecule has 1 unspecified atom stereocenters. The first-order valence-electron chi connectivity index (χ1n) is 12.8. The van der Waals surface area contributed by atoms with Crippen LogP contribution in [0.3, 0.4) is 0 Å². The smallest absolute Gasteiger partial charge is 0.330 e. The van der Waals surface area contributed by atoms with Gasteiger partial charge >= 0.3 is 5.97 Å². The van der Waals surface area contributed by atoms with E-state index in [1.54, 1.807) is 30.3 Å². The summed E-state index contributed by atoms with van der Waals surface area (Å²) in [5.74, 6) is -1.07. The summed E-state index contributed by atoms with van der Waals surface area (Å²) in [6.07, 6.45) is 0.0652. The molecule has 2 aromatic heterocycles. The van der Waals surface area contributed by atoms with E-state index in [0.29, 0.717) is 21.7 Å². The third kappa shape index (κ3) is 4.95. The molecule has 0 fully saturated rings. The van der Waals surface area contributed by atoms with Crippen LogP contribution in [0, 0.1) is 0 Å². The maximum Gasteiger partial charge on any atom is 0.330 e. The molecule has 0 aliphatic carbocycles. The van der Waals surface area contributed by atoms with E-state index in [0.717, 1.165) is 27.2 Å². The van der Waals surface area contributed by atoms with Gasteiger partial charge < -0.3 is 19.6 Å². The van der Waals surface area contributed by atoms with Gasteiger partial charge in [0.1, 0.15) is 6.04 Å². The summed E-state index contributed by atoms with van der Waals surface area (Å²) in [4.78, 5) is 41.9. The molecule has 2 N–H and O–H groups in total. The number of carbonyl (C=O) groups is 2. The van der Waals surface area contributed by atoms with Crippen LogP contribution in [-0.2, 0) is 22.7 Å². The van der Waals surface area contributed by atoms with Gasteiger partial charge in [-0.2, -0.15) is 0 Å². The van der Waals surface area contributed by atoms with Gasteiger partial charge in [0.25, 0.3) is 5.91 Å². The number of pyridine rings is 1. The zero-order chi connectivity index (χ0) is 27.6. The molecule has 6 rings (SSSR count). The van der Waals surface area contributed by atoms with Gasteiger partial charge in [-0.3, -0.25) is 9.59 Å². The topological polar surface area (TPSA) is 93.2 Å². The van der Waals surface area contributed by atoms with Crippen molar-refractivity contribution in [2.45, 2.75) is 19.2 Å². The Morgan fingerprint density at radius 2 is 1.43 bits per heavy atom. The fourth-order valence-corrected chi connectivity index (χ4v) is 5.20. The van der Waals surface area contributed by atoms with Crippen LogP contribution in [0.15, 0.2) is 108 Å². The quantitative estimate of drug-likeness (QED) is 0.245. The standard InChI is InChI=1S/C32H24ClN3O4/c33-22-15-13-20(14-16-22)31(38)35-27(17-21-18-30(37)34-26-10-4-1-7-23(21)26)32(39)40-19-36-28-11-5-2-8-24(28)25-9-3-6-12-29(25)36/h1-16,18,27H,17,19H2,(H,34,37)(H,35,38). The lowest BCUT2D eigenvalue weighted by atomic mass is 10.0. The number of fused-ring (bicyclic) bond motifs is 4. The molecule has 0 spiro atoms. The maximum absolute atomic E-state index is 13.6. The molecule has 0 bridgehead atoms. The minimum atomic E-state index is -1.05. The number of aromatic amines is 1. The fraction of sp³-hybridized carbons (Fsp3) is 0.0938. The number of benzene rings is 4. The first kappa shape index (κ1) is 25.4. The van der Waals surface area contributed by atoms with Crippen LogP contribution in [0.1, 0.15) is 15.9 Å². The van der Waals surface area contributed by atoms with Crippen LogP contribution in [0.2, 0.25) is 5.02 Å². The predicted octanol–water partition coefficient (Wildman–Crippen LogP) is 5.83. The van der Waals surface area contributed by atoms with Crippen LogP contribution >= 0.6 is 11.6 Å². The third-order valence-corrected chi connectivity index (χ3v) is 7.22. The normalized spacial score (nSPS) is 12.0. The lowest BCUT2D eigenvalue weighted by Crippen LogP contribution is -2.43. The Kier molecular flexibility index (Phi) is 6.80. The SMILES string of the molecule is O=C(NC(Cc1cc(=O)[nH]c2ccccc12)C(=O)OCn1c2ccccc2c2ccccc21)c1ccc(Cl)cc1. The van der Waals surface area contributed by atoms with E-state index in [4.69, 9.17) is 16.3 Å². The maximum atomic E-state index is 13.6. The van der Waals surface area contributed by atoms with E-state index in [9.17, 15) is 14.4 Å². The summed E-state index contributed by atoms with van der Waals surface area (Å²) < 4.78 is 7.77. The Hall–Kier alpha value is -4.88. The zero-order valence-corrected chi connectivity index (χ0v) is 22.0. The van der Waals surface area contributed by atoms with Crippen molar-refractivity contribution < 1.29 is 14.3 Å². The molecule has 0 saturated heterocycles. The van der Waals surface area contributed by atoms with E-state index in [-0.39, 0.29) is 18.7 Å². The number of carbonyl (C=O) groups excluding carboxylic acids is 2. The zero-order valence-electron chi connectivity index (χ0n) is 21.3. The van der Waals surface area contributed by atoms with E-state index in [2.05, 4.69) is 10.3 Å². The van der Waals surface area contributed by atoms with Gasteiger partial charge in [0, 0.05) is 44.7 Å². The van der Waals surface area contributed by atoms with Crippen molar-refractivity contribution in [2.24, 2.45) is 0 Å². The van der Waals surface area contributed by atoms with Crippen molar-refractivity contribution in [3.05, 3.63) is 130 Å². The Morgan fingerprint density at radius 1 is 0.825 bits per heavy atom. The second-order valence-corrected chi connectivity index (χ2v) is 9.93. The number of hydrogen-bond acceptors (Lipinski definition) is 4. The average Bonchev–Trinajstić information content (AvgIpc) is 3.29. The fourth-order valence-electron chi connectivity index (χ4n) is 5.07. The van der Waals surface area contributed by atoms with E-state index >= 15 is 0 Å². The van der Waals surface area contributed by atoms with Crippen LogP contribution < -0.4 is 10.9 Å². The highest BCUT2D eigenvalue weighted by atomic mass is 35.5. The molecule has 7 nitrogen and oxygen atoms in total. The largest absolute Gasteiger partial charge is 0.442 e. The van der Waals surface area contributed by atoms with Crippen LogP contribution in [0.5, 0.6) is 0 Å². The summed E-state index contributed by atoms with van der Waals surface area (Å²) in [6, 6.07) is 29.9. The minimum absolute atomic E-state index is 0.0453. The summed E-state index contributed by atoms with van der Waals surface area (Å²) >= 11 is 5.98. The summed E-state index contributed by atoms with van der Waals surface area (Å²) in [5, 5.41) is 6.19. The number of para-hydroxylation sites is 3. The third-order valence-electron chi connectivity index (χ3n) is 6.97. The second kappa shape index (κ2) is 10.7. The molecule has 0 saturated carbocycles. The monoisotopic (exact) mass is 549 g/mol. The van der Waals surface area contributed by atoms with E-state index in [1.807, 2.05) is 71.3 Å². The molecule has 6 aromatic rings.